The third kappa shape index (κ3) is 2.08. The number of benzene rings is 1. The van der Waals surface area contributed by atoms with Crippen molar-refractivity contribution >= 4 is 26.8 Å². The van der Waals surface area contributed by atoms with Crippen molar-refractivity contribution in [3.8, 4) is 0 Å². The number of aryl methyl sites for hydroxylation is 1. The topological polar surface area (TPSA) is 30.9 Å². The zero-order valence-corrected chi connectivity index (χ0v) is 10.6. The van der Waals surface area contributed by atoms with Crippen LogP contribution in [0.1, 0.15) is 12.6 Å². The number of halogens is 1. The van der Waals surface area contributed by atoms with Crippen molar-refractivity contribution in [3.05, 3.63) is 34.4 Å². The number of hydrogen-bond donors (Lipinski definition) is 1. The summed E-state index contributed by atoms with van der Waals surface area (Å²) in [4.78, 5) is 0. The normalized spacial score (nSPS) is 13.3. The minimum atomic E-state index is 0.205. The summed E-state index contributed by atoms with van der Waals surface area (Å²) in [6.45, 7) is 2.04. The number of rotatable bonds is 2. The Bertz CT molecular complexity index is 486. The van der Waals surface area contributed by atoms with Crippen molar-refractivity contribution < 1.29 is 0 Å². The molecule has 0 saturated carbocycles. The second-order valence-corrected chi connectivity index (χ2v) is 4.99. The lowest BCUT2D eigenvalue weighted by Gasteiger charge is -2.06. The van der Waals surface area contributed by atoms with Crippen LogP contribution in [0.25, 0.3) is 10.9 Å². The molecule has 15 heavy (non-hydrogen) atoms. The van der Waals surface area contributed by atoms with Crippen molar-refractivity contribution in [1.82, 2.24) is 4.57 Å². The van der Waals surface area contributed by atoms with Gasteiger partial charge in [0.1, 0.15) is 0 Å². The molecule has 1 aromatic heterocycles. The molecular formula is C12H15BrN2. The molecule has 2 nitrogen and oxygen atoms in total. The van der Waals surface area contributed by atoms with Crippen LogP contribution in [-0.2, 0) is 13.5 Å². The van der Waals surface area contributed by atoms with Gasteiger partial charge in [0.2, 0.25) is 0 Å². The molecule has 0 aliphatic carbocycles. The quantitative estimate of drug-likeness (QED) is 0.891. The lowest BCUT2D eigenvalue weighted by Crippen LogP contribution is -2.19. The van der Waals surface area contributed by atoms with Gasteiger partial charge in [-0.3, -0.25) is 0 Å². The molecule has 0 saturated heterocycles. The first kappa shape index (κ1) is 10.7. The predicted octanol–water partition coefficient (Wildman–Crippen LogP) is 2.83. The summed E-state index contributed by atoms with van der Waals surface area (Å²) >= 11 is 3.48. The van der Waals surface area contributed by atoms with E-state index in [0.717, 1.165) is 10.9 Å². The molecule has 0 radical (unpaired) electrons. The van der Waals surface area contributed by atoms with Crippen LogP contribution in [0.5, 0.6) is 0 Å². The van der Waals surface area contributed by atoms with E-state index in [1.54, 1.807) is 0 Å². The molecule has 1 heterocycles. The van der Waals surface area contributed by atoms with E-state index >= 15 is 0 Å². The van der Waals surface area contributed by atoms with E-state index in [2.05, 4.69) is 51.8 Å². The van der Waals surface area contributed by atoms with Crippen LogP contribution in [-0.4, -0.2) is 10.6 Å². The fourth-order valence-electron chi connectivity index (χ4n) is 1.90. The van der Waals surface area contributed by atoms with Crippen LogP contribution >= 0.6 is 15.9 Å². The maximum absolute atomic E-state index is 5.82. The van der Waals surface area contributed by atoms with Gasteiger partial charge in [-0.05, 0) is 31.2 Å². The molecule has 2 aromatic rings. The van der Waals surface area contributed by atoms with Crippen LogP contribution in [0, 0.1) is 0 Å². The van der Waals surface area contributed by atoms with E-state index in [4.69, 9.17) is 5.73 Å². The maximum Gasteiger partial charge on any atom is 0.0480 e. The molecule has 80 valence electrons. The monoisotopic (exact) mass is 266 g/mol. The summed E-state index contributed by atoms with van der Waals surface area (Å²) in [5.41, 5.74) is 8.37. The summed E-state index contributed by atoms with van der Waals surface area (Å²) in [5, 5.41) is 1.27. The Morgan fingerprint density at radius 3 is 2.80 bits per heavy atom. The molecule has 1 atom stereocenters. The summed E-state index contributed by atoms with van der Waals surface area (Å²) < 4.78 is 3.33. The lowest BCUT2D eigenvalue weighted by atomic mass is 10.2. The fraction of sp³-hybridized carbons (Fsp3) is 0.333. The Morgan fingerprint density at radius 2 is 2.13 bits per heavy atom. The lowest BCUT2D eigenvalue weighted by molar-refractivity contribution is 0.696. The number of nitrogens with two attached hydrogens (primary N) is 1. The second kappa shape index (κ2) is 3.99. The molecule has 0 fully saturated rings. The number of nitrogens with zero attached hydrogens (tertiary/aromatic N) is 1. The molecule has 1 aromatic carbocycles. The van der Waals surface area contributed by atoms with Crippen molar-refractivity contribution in [2.45, 2.75) is 19.4 Å². The zero-order chi connectivity index (χ0) is 11.0. The minimum absolute atomic E-state index is 0.205. The predicted molar refractivity (Wildman–Crippen MR) is 68.0 cm³/mol. The third-order valence-corrected chi connectivity index (χ3v) is 3.13. The highest BCUT2D eigenvalue weighted by atomic mass is 79.9. The van der Waals surface area contributed by atoms with E-state index in [-0.39, 0.29) is 6.04 Å². The van der Waals surface area contributed by atoms with Crippen molar-refractivity contribution in [1.29, 1.82) is 0 Å². The molecule has 0 amide bonds. The highest BCUT2D eigenvalue weighted by molar-refractivity contribution is 9.10. The van der Waals surface area contributed by atoms with E-state index < -0.39 is 0 Å². The van der Waals surface area contributed by atoms with E-state index in [1.165, 1.54) is 16.6 Å². The van der Waals surface area contributed by atoms with Gasteiger partial charge in [-0.25, -0.2) is 0 Å². The molecular weight excluding hydrogens is 252 g/mol. The standard InChI is InChI=1S/C12H15BrN2/c1-8(14)5-11-7-9-6-10(13)3-4-12(9)15(11)2/h3-4,6-8H,5,14H2,1-2H3. The van der Waals surface area contributed by atoms with Gasteiger partial charge in [0.15, 0.2) is 0 Å². The zero-order valence-electron chi connectivity index (χ0n) is 9.00. The first-order valence-corrected chi connectivity index (χ1v) is 5.86. The first-order valence-electron chi connectivity index (χ1n) is 5.07. The molecule has 0 bridgehead atoms. The Balaban J connectivity index is 2.54. The molecule has 2 rings (SSSR count). The smallest absolute Gasteiger partial charge is 0.0480 e. The minimum Gasteiger partial charge on any atom is -0.348 e. The first-order chi connectivity index (χ1) is 7.08. The maximum atomic E-state index is 5.82. The van der Waals surface area contributed by atoms with Crippen LogP contribution in [0.15, 0.2) is 28.7 Å². The molecule has 2 N–H and O–H groups in total. The highest BCUT2D eigenvalue weighted by Gasteiger charge is 2.07. The number of fused-ring (bicyclic) bond motifs is 1. The van der Waals surface area contributed by atoms with Crippen LogP contribution in [0.4, 0.5) is 0 Å². The Morgan fingerprint density at radius 1 is 1.40 bits per heavy atom. The van der Waals surface area contributed by atoms with Gasteiger partial charge in [-0.1, -0.05) is 15.9 Å². The van der Waals surface area contributed by atoms with Gasteiger partial charge in [0.25, 0.3) is 0 Å². The molecule has 0 spiro atoms. The summed E-state index contributed by atoms with van der Waals surface area (Å²) in [6.07, 6.45) is 0.919. The van der Waals surface area contributed by atoms with Crippen molar-refractivity contribution in [2.24, 2.45) is 12.8 Å². The Labute approximate surface area is 98.2 Å². The van der Waals surface area contributed by atoms with Crippen molar-refractivity contribution in [3.63, 3.8) is 0 Å². The second-order valence-electron chi connectivity index (χ2n) is 4.08. The van der Waals surface area contributed by atoms with Gasteiger partial charge in [-0.15, -0.1) is 0 Å². The fourth-order valence-corrected chi connectivity index (χ4v) is 2.28. The highest BCUT2D eigenvalue weighted by Crippen LogP contribution is 2.23. The van der Waals surface area contributed by atoms with E-state index in [0.29, 0.717) is 0 Å². The van der Waals surface area contributed by atoms with Crippen molar-refractivity contribution in [2.75, 3.05) is 0 Å². The number of aromatic nitrogens is 1. The van der Waals surface area contributed by atoms with Gasteiger partial charge in [0, 0.05) is 40.6 Å². The Hall–Kier alpha value is -0.800. The van der Waals surface area contributed by atoms with Gasteiger partial charge in [0.05, 0.1) is 0 Å². The largest absolute Gasteiger partial charge is 0.348 e. The third-order valence-electron chi connectivity index (χ3n) is 2.63. The SMILES string of the molecule is CC(N)Cc1cc2cc(Br)ccc2n1C. The number of hydrogen-bond acceptors (Lipinski definition) is 1. The molecule has 0 aliphatic heterocycles. The average Bonchev–Trinajstić information content (AvgIpc) is 2.42. The molecule has 1 unspecified atom stereocenters. The molecule has 3 heteroatoms. The van der Waals surface area contributed by atoms with E-state index in [1.807, 2.05) is 6.92 Å². The summed E-state index contributed by atoms with van der Waals surface area (Å²) in [6, 6.07) is 8.75. The van der Waals surface area contributed by atoms with E-state index in [9.17, 15) is 0 Å². The Kier molecular flexibility index (Phi) is 2.85. The summed E-state index contributed by atoms with van der Waals surface area (Å²) in [5.74, 6) is 0. The van der Waals surface area contributed by atoms with Gasteiger partial charge >= 0.3 is 0 Å². The van der Waals surface area contributed by atoms with Gasteiger partial charge in [-0.2, -0.15) is 0 Å². The average molecular weight is 267 g/mol. The van der Waals surface area contributed by atoms with Crippen LogP contribution in [0.2, 0.25) is 0 Å². The van der Waals surface area contributed by atoms with Crippen LogP contribution < -0.4 is 5.73 Å². The molecule has 0 aliphatic rings. The summed E-state index contributed by atoms with van der Waals surface area (Å²) in [7, 11) is 2.09. The van der Waals surface area contributed by atoms with Crippen LogP contribution in [0.3, 0.4) is 0 Å². The van der Waals surface area contributed by atoms with Gasteiger partial charge < -0.3 is 10.3 Å².